The maximum absolute atomic E-state index is 9.91. The Morgan fingerprint density at radius 3 is 3.05 bits per heavy atom. The van der Waals surface area contributed by atoms with Gasteiger partial charge in [-0.15, -0.1) is 11.3 Å². The van der Waals surface area contributed by atoms with E-state index in [1.54, 1.807) is 0 Å². The van der Waals surface area contributed by atoms with Crippen LogP contribution >= 0.6 is 11.3 Å². The van der Waals surface area contributed by atoms with Crippen LogP contribution in [-0.4, -0.2) is 22.7 Å². The number of thiazole rings is 1. The third kappa shape index (κ3) is 4.01. The average molecular weight is 282 g/mol. The molecule has 108 valence electrons. The first-order chi connectivity index (χ1) is 9.10. The molecule has 19 heavy (non-hydrogen) atoms. The van der Waals surface area contributed by atoms with Crippen molar-refractivity contribution >= 4 is 11.3 Å². The lowest BCUT2D eigenvalue weighted by Crippen LogP contribution is -2.31. The Morgan fingerprint density at radius 1 is 1.53 bits per heavy atom. The van der Waals surface area contributed by atoms with Crippen LogP contribution in [0.2, 0.25) is 0 Å². The largest absolute Gasteiger partial charge is 0.392 e. The lowest BCUT2D eigenvalue weighted by atomic mass is 9.93. The van der Waals surface area contributed by atoms with Crippen molar-refractivity contribution in [3.63, 3.8) is 0 Å². The zero-order valence-corrected chi connectivity index (χ0v) is 13.1. The molecule has 1 heterocycles. The fourth-order valence-electron chi connectivity index (χ4n) is 2.47. The van der Waals surface area contributed by atoms with Crippen LogP contribution in [-0.2, 0) is 19.4 Å². The first-order valence-electron chi connectivity index (χ1n) is 7.46. The molecular weight excluding hydrogens is 256 g/mol. The standard InChI is InChI=1S/C15H26N2OS/c1-4-11(3)13(18)8-16-9-15-17-12-6-5-10(2)7-14(12)19-15/h10-11,13,16,18H,4-9H2,1-3H3. The number of fused-ring (bicyclic) bond motifs is 1. The summed E-state index contributed by atoms with van der Waals surface area (Å²) >= 11 is 1.85. The highest BCUT2D eigenvalue weighted by atomic mass is 32.1. The van der Waals surface area contributed by atoms with Gasteiger partial charge in [0.2, 0.25) is 0 Å². The van der Waals surface area contributed by atoms with Gasteiger partial charge in [0, 0.05) is 18.0 Å². The molecule has 3 nitrogen and oxygen atoms in total. The van der Waals surface area contributed by atoms with Crippen LogP contribution < -0.4 is 5.32 Å². The summed E-state index contributed by atoms with van der Waals surface area (Å²) in [7, 11) is 0. The molecule has 1 aromatic heterocycles. The van der Waals surface area contributed by atoms with Gasteiger partial charge in [0.1, 0.15) is 5.01 Å². The topological polar surface area (TPSA) is 45.1 Å². The monoisotopic (exact) mass is 282 g/mol. The van der Waals surface area contributed by atoms with E-state index < -0.39 is 0 Å². The fraction of sp³-hybridized carbons (Fsp3) is 0.800. The molecule has 0 aromatic carbocycles. The van der Waals surface area contributed by atoms with Gasteiger partial charge in [-0.3, -0.25) is 0 Å². The molecule has 0 saturated heterocycles. The predicted molar refractivity (Wildman–Crippen MR) is 80.5 cm³/mol. The second-order valence-corrected chi connectivity index (χ2v) is 7.08. The zero-order valence-electron chi connectivity index (χ0n) is 12.3. The SMILES string of the molecule is CCC(C)C(O)CNCc1nc2c(s1)CC(C)CC2. The minimum Gasteiger partial charge on any atom is -0.392 e. The van der Waals surface area contributed by atoms with Crippen LogP contribution in [0.3, 0.4) is 0 Å². The molecule has 0 spiro atoms. The molecule has 3 atom stereocenters. The van der Waals surface area contributed by atoms with E-state index in [-0.39, 0.29) is 6.10 Å². The number of aromatic nitrogens is 1. The second kappa shape index (κ2) is 6.82. The summed E-state index contributed by atoms with van der Waals surface area (Å²) < 4.78 is 0. The van der Waals surface area contributed by atoms with E-state index in [0.29, 0.717) is 12.5 Å². The van der Waals surface area contributed by atoms with Gasteiger partial charge in [0.05, 0.1) is 11.8 Å². The maximum Gasteiger partial charge on any atom is 0.107 e. The van der Waals surface area contributed by atoms with E-state index >= 15 is 0 Å². The number of nitrogens with one attached hydrogen (secondary N) is 1. The van der Waals surface area contributed by atoms with Crippen LogP contribution in [0.1, 0.15) is 49.2 Å². The van der Waals surface area contributed by atoms with E-state index in [1.165, 1.54) is 28.4 Å². The molecule has 0 radical (unpaired) electrons. The highest BCUT2D eigenvalue weighted by molar-refractivity contribution is 7.11. The normalized spacial score (nSPS) is 22.0. The summed E-state index contributed by atoms with van der Waals surface area (Å²) in [5.41, 5.74) is 1.32. The third-order valence-corrected chi connectivity index (χ3v) is 5.28. The number of hydrogen-bond acceptors (Lipinski definition) is 4. The molecule has 2 N–H and O–H groups in total. The van der Waals surface area contributed by atoms with E-state index in [0.717, 1.165) is 25.3 Å². The third-order valence-electron chi connectivity index (χ3n) is 4.16. The van der Waals surface area contributed by atoms with Crippen molar-refractivity contribution in [2.24, 2.45) is 11.8 Å². The molecule has 3 unspecified atom stereocenters. The minimum absolute atomic E-state index is 0.250. The Labute approximate surface area is 120 Å². The number of aliphatic hydroxyl groups excluding tert-OH is 1. The molecule has 0 fully saturated rings. The van der Waals surface area contributed by atoms with E-state index in [9.17, 15) is 5.11 Å². The summed E-state index contributed by atoms with van der Waals surface area (Å²) in [5, 5.41) is 14.4. The second-order valence-electron chi connectivity index (χ2n) is 5.91. The lowest BCUT2D eigenvalue weighted by molar-refractivity contribution is 0.113. The Morgan fingerprint density at radius 2 is 2.32 bits per heavy atom. The summed E-state index contributed by atoms with van der Waals surface area (Å²) in [6.45, 7) is 7.98. The molecule has 0 amide bonds. The molecule has 4 heteroatoms. The van der Waals surface area contributed by atoms with Gasteiger partial charge in [0.15, 0.2) is 0 Å². The minimum atomic E-state index is -0.250. The van der Waals surface area contributed by atoms with Gasteiger partial charge < -0.3 is 10.4 Å². The molecule has 2 rings (SSSR count). The highest BCUT2D eigenvalue weighted by Crippen LogP contribution is 2.29. The lowest BCUT2D eigenvalue weighted by Gasteiger charge is -2.17. The maximum atomic E-state index is 9.91. The highest BCUT2D eigenvalue weighted by Gasteiger charge is 2.19. The summed E-state index contributed by atoms with van der Waals surface area (Å²) in [4.78, 5) is 6.21. The van der Waals surface area contributed by atoms with Crippen LogP contribution in [0, 0.1) is 11.8 Å². The van der Waals surface area contributed by atoms with Gasteiger partial charge in [-0.05, 0) is 31.1 Å². The summed E-state index contributed by atoms with van der Waals surface area (Å²) in [5.74, 6) is 1.17. The van der Waals surface area contributed by atoms with Gasteiger partial charge in [-0.2, -0.15) is 0 Å². The number of hydrogen-bond donors (Lipinski definition) is 2. The zero-order chi connectivity index (χ0) is 13.8. The van der Waals surface area contributed by atoms with Gasteiger partial charge in [-0.25, -0.2) is 4.98 Å². The number of aliphatic hydroxyl groups is 1. The first kappa shape index (κ1) is 14.9. The van der Waals surface area contributed by atoms with Gasteiger partial charge >= 0.3 is 0 Å². The number of nitrogens with zero attached hydrogens (tertiary/aromatic N) is 1. The predicted octanol–water partition coefficient (Wildman–Crippen LogP) is 2.76. The molecule has 1 aromatic rings. The Hall–Kier alpha value is -0.450. The van der Waals surface area contributed by atoms with E-state index in [1.807, 2.05) is 11.3 Å². The Balaban J connectivity index is 1.81. The molecule has 1 aliphatic carbocycles. The quantitative estimate of drug-likeness (QED) is 0.843. The Kier molecular flexibility index (Phi) is 5.37. The van der Waals surface area contributed by atoms with Crippen LogP contribution in [0.4, 0.5) is 0 Å². The number of aryl methyl sites for hydroxylation is 1. The van der Waals surface area contributed by atoms with Crippen molar-refractivity contribution in [1.29, 1.82) is 0 Å². The Bertz CT molecular complexity index is 405. The van der Waals surface area contributed by atoms with Crippen LogP contribution in [0.5, 0.6) is 0 Å². The van der Waals surface area contributed by atoms with Crippen molar-refractivity contribution in [3.05, 3.63) is 15.6 Å². The molecule has 0 saturated carbocycles. The van der Waals surface area contributed by atoms with Crippen molar-refractivity contribution in [2.45, 2.75) is 59.1 Å². The molecule has 0 bridgehead atoms. The average Bonchev–Trinajstić information content (AvgIpc) is 2.79. The summed E-state index contributed by atoms with van der Waals surface area (Å²) in [6, 6.07) is 0. The van der Waals surface area contributed by atoms with Crippen molar-refractivity contribution in [2.75, 3.05) is 6.54 Å². The number of rotatable bonds is 6. The summed E-state index contributed by atoms with van der Waals surface area (Å²) in [6.07, 6.45) is 4.38. The van der Waals surface area contributed by atoms with E-state index in [2.05, 4.69) is 26.1 Å². The van der Waals surface area contributed by atoms with E-state index in [4.69, 9.17) is 4.98 Å². The van der Waals surface area contributed by atoms with Crippen LogP contribution in [0.25, 0.3) is 0 Å². The molecular formula is C15H26N2OS. The molecule has 1 aliphatic rings. The van der Waals surface area contributed by atoms with Gasteiger partial charge in [-0.1, -0.05) is 27.2 Å². The van der Waals surface area contributed by atoms with Gasteiger partial charge in [0.25, 0.3) is 0 Å². The first-order valence-corrected chi connectivity index (χ1v) is 8.28. The smallest absolute Gasteiger partial charge is 0.107 e. The fourth-order valence-corrected chi connectivity index (χ4v) is 3.72. The van der Waals surface area contributed by atoms with Crippen LogP contribution in [0.15, 0.2) is 0 Å². The van der Waals surface area contributed by atoms with Crippen molar-refractivity contribution in [1.82, 2.24) is 10.3 Å². The van der Waals surface area contributed by atoms with Crippen molar-refractivity contribution in [3.8, 4) is 0 Å². The molecule has 0 aliphatic heterocycles. The van der Waals surface area contributed by atoms with Crippen molar-refractivity contribution < 1.29 is 5.11 Å².